The van der Waals surface area contributed by atoms with Gasteiger partial charge in [-0.05, 0) is 86.7 Å². The van der Waals surface area contributed by atoms with Crippen molar-refractivity contribution in [2.75, 3.05) is 0 Å². The largest absolute Gasteiger partial charge is 0.508 e. The van der Waals surface area contributed by atoms with Crippen LogP contribution in [-0.4, -0.2) is 16.7 Å². The Morgan fingerprint density at radius 1 is 1.16 bits per heavy atom. The summed E-state index contributed by atoms with van der Waals surface area (Å²) in [6.07, 6.45) is 8.56. The molecule has 3 fully saturated rings. The summed E-state index contributed by atoms with van der Waals surface area (Å²) in [7, 11) is 0. The van der Waals surface area contributed by atoms with Crippen molar-refractivity contribution in [3.8, 4) is 0 Å². The standard InChI is InChI=1S/C22H30O3/c1-12-9-15-17-6-5-16(13(2)23)21(17,3)8-7-18(15)22(4)19(12)10-14(24)11-20(22)25/h10-12,15-18,24H,5-9H2,1-4H3/t12-,15-,16+,17-,18-,21+,22+/m0/s1. The number of fused-ring (bicyclic) bond motifs is 5. The first kappa shape index (κ1) is 17.1. The number of hydrogen-bond donors (Lipinski definition) is 1. The van der Waals surface area contributed by atoms with Gasteiger partial charge in [-0.25, -0.2) is 0 Å². The summed E-state index contributed by atoms with van der Waals surface area (Å²) in [4.78, 5) is 25.2. The van der Waals surface area contributed by atoms with Gasteiger partial charge in [0.05, 0.1) is 5.41 Å². The maximum absolute atomic E-state index is 13.0. The minimum absolute atomic E-state index is 0.0776. The van der Waals surface area contributed by atoms with E-state index in [1.807, 2.05) is 6.08 Å². The summed E-state index contributed by atoms with van der Waals surface area (Å²) in [6.45, 7) is 8.40. The van der Waals surface area contributed by atoms with Crippen molar-refractivity contribution >= 4 is 11.6 Å². The summed E-state index contributed by atoms with van der Waals surface area (Å²) in [5.41, 5.74) is 0.771. The second kappa shape index (κ2) is 5.31. The van der Waals surface area contributed by atoms with E-state index in [1.165, 1.54) is 6.08 Å². The van der Waals surface area contributed by atoms with Crippen LogP contribution >= 0.6 is 0 Å². The minimum Gasteiger partial charge on any atom is -0.508 e. The lowest BCUT2D eigenvalue weighted by Gasteiger charge is -2.58. The van der Waals surface area contributed by atoms with Gasteiger partial charge in [-0.3, -0.25) is 9.59 Å². The highest BCUT2D eigenvalue weighted by Gasteiger charge is 2.62. The van der Waals surface area contributed by atoms with E-state index in [9.17, 15) is 14.7 Å². The minimum atomic E-state index is -0.468. The molecule has 0 radical (unpaired) electrons. The van der Waals surface area contributed by atoms with E-state index < -0.39 is 5.41 Å². The van der Waals surface area contributed by atoms with Crippen LogP contribution in [0.3, 0.4) is 0 Å². The molecule has 4 aliphatic carbocycles. The molecule has 3 nitrogen and oxygen atoms in total. The number of aliphatic hydroxyl groups is 1. The molecular weight excluding hydrogens is 312 g/mol. The predicted octanol–water partition coefficient (Wildman–Crippen LogP) is 4.63. The first-order valence-corrected chi connectivity index (χ1v) is 9.87. The molecule has 0 spiro atoms. The first-order valence-electron chi connectivity index (χ1n) is 9.87. The molecule has 0 bridgehead atoms. The van der Waals surface area contributed by atoms with Gasteiger partial charge < -0.3 is 5.11 Å². The van der Waals surface area contributed by atoms with Crippen LogP contribution in [0.5, 0.6) is 0 Å². The lowest BCUT2D eigenvalue weighted by atomic mass is 9.45. The zero-order valence-electron chi connectivity index (χ0n) is 15.8. The van der Waals surface area contributed by atoms with Crippen LogP contribution in [0.1, 0.15) is 59.8 Å². The molecule has 25 heavy (non-hydrogen) atoms. The molecule has 0 heterocycles. The average Bonchev–Trinajstić information content (AvgIpc) is 2.88. The molecule has 3 saturated carbocycles. The maximum Gasteiger partial charge on any atom is 0.169 e. The highest BCUT2D eigenvalue weighted by Crippen LogP contribution is 2.66. The van der Waals surface area contributed by atoms with Crippen LogP contribution in [-0.2, 0) is 9.59 Å². The lowest BCUT2D eigenvalue weighted by molar-refractivity contribution is -0.137. The molecular formula is C22H30O3. The van der Waals surface area contributed by atoms with E-state index in [4.69, 9.17) is 0 Å². The van der Waals surface area contributed by atoms with Gasteiger partial charge in [-0.1, -0.05) is 13.8 Å². The van der Waals surface area contributed by atoms with Crippen molar-refractivity contribution in [2.24, 2.45) is 40.4 Å². The van der Waals surface area contributed by atoms with Gasteiger partial charge in [0.2, 0.25) is 0 Å². The van der Waals surface area contributed by atoms with Crippen LogP contribution in [0.15, 0.2) is 23.5 Å². The van der Waals surface area contributed by atoms with E-state index in [0.29, 0.717) is 29.5 Å². The van der Waals surface area contributed by atoms with Gasteiger partial charge in [-0.2, -0.15) is 0 Å². The van der Waals surface area contributed by atoms with Gasteiger partial charge >= 0.3 is 0 Å². The van der Waals surface area contributed by atoms with E-state index in [0.717, 1.165) is 37.7 Å². The van der Waals surface area contributed by atoms with Crippen molar-refractivity contribution in [3.05, 3.63) is 23.5 Å². The van der Waals surface area contributed by atoms with E-state index >= 15 is 0 Å². The zero-order chi connectivity index (χ0) is 18.1. The molecule has 0 aromatic heterocycles. The summed E-state index contributed by atoms with van der Waals surface area (Å²) in [5, 5.41) is 9.96. The summed E-state index contributed by atoms with van der Waals surface area (Å²) in [5.74, 6) is 2.45. The van der Waals surface area contributed by atoms with Crippen molar-refractivity contribution in [1.29, 1.82) is 0 Å². The average molecular weight is 342 g/mol. The Hall–Kier alpha value is -1.38. The third-order valence-corrected chi connectivity index (χ3v) is 8.52. The Morgan fingerprint density at radius 2 is 1.88 bits per heavy atom. The molecule has 0 amide bonds. The summed E-state index contributed by atoms with van der Waals surface area (Å²) < 4.78 is 0. The molecule has 0 unspecified atom stereocenters. The predicted molar refractivity (Wildman–Crippen MR) is 96.9 cm³/mol. The molecule has 0 aromatic rings. The van der Waals surface area contributed by atoms with E-state index in [2.05, 4.69) is 20.8 Å². The van der Waals surface area contributed by atoms with Gasteiger partial charge in [0, 0.05) is 12.0 Å². The molecule has 0 aliphatic heterocycles. The third-order valence-electron chi connectivity index (χ3n) is 8.52. The monoisotopic (exact) mass is 342 g/mol. The maximum atomic E-state index is 13.0. The first-order chi connectivity index (χ1) is 11.7. The SMILES string of the molecule is CC(=O)[C@H]1CC[C@H]2[C@@H]3C[C@H](C)C4=CC(O)=CC(=O)[C@]4(C)[C@H]3CC[C@]12C. The van der Waals surface area contributed by atoms with Crippen LogP contribution in [0.4, 0.5) is 0 Å². The Kier molecular flexibility index (Phi) is 3.62. The number of Topliss-reactive ketones (excluding diaryl/α,β-unsaturated/α-hetero) is 1. The number of aliphatic hydroxyl groups excluding tert-OH is 1. The number of rotatable bonds is 1. The normalized spacial score (nSPS) is 48.8. The lowest BCUT2D eigenvalue weighted by Crippen LogP contribution is -2.54. The molecule has 4 aliphatic rings. The van der Waals surface area contributed by atoms with Crippen molar-refractivity contribution in [1.82, 2.24) is 0 Å². The molecule has 0 saturated heterocycles. The molecule has 0 aromatic carbocycles. The Bertz CT molecular complexity index is 702. The van der Waals surface area contributed by atoms with Crippen LogP contribution < -0.4 is 0 Å². The molecule has 1 N–H and O–H groups in total. The van der Waals surface area contributed by atoms with Gasteiger partial charge in [0.25, 0.3) is 0 Å². The Balaban J connectivity index is 1.75. The fraction of sp³-hybridized carbons (Fsp3) is 0.727. The smallest absolute Gasteiger partial charge is 0.169 e. The number of allylic oxidation sites excluding steroid dienone is 3. The molecule has 4 rings (SSSR count). The van der Waals surface area contributed by atoms with Gasteiger partial charge in [0.1, 0.15) is 11.5 Å². The number of carbonyl (C=O) groups is 2. The summed E-state index contributed by atoms with van der Waals surface area (Å²) >= 11 is 0. The topological polar surface area (TPSA) is 54.4 Å². The van der Waals surface area contributed by atoms with Crippen LogP contribution in [0.2, 0.25) is 0 Å². The number of ketones is 2. The number of carbonyl (C=O) groups excluding carboxylic acids is 2. The molecule has 7 atom stereocenters. The Morgan fingerprint density at radius 3 is 2.56 bits per heavy atom. The summed E-state index contributed by atoms with van der Waals surface area (Å²) in [6, 6.07) is 0. The number of hydrogen-bond acceptors (Lipinski definition) is 3. The second-order valence-corrected chi connectivity index (χ2v) is 9.53. The van der Waals surface area contributed by atoms with Crippen LogP contribution in [0, 0.1) is 40.4 Å². The van der Waals surface area contributed by atoms with Crippen LogP contribution in [0.25, 0.3) is 0 Å². The van der Waals surface area contributed by atoms with Crippen molar-refractivity contribution < 1.29 is 14.7 Å². The van der Waals surface area contributed by atoms with Crippen molar-refractivity contribution in [3.63, 3.8) is 0 Å². The van der Waals surface area contributed by atoms with E-state index in [1.54, 1.807) is 6.92 Å². The molecule has 136 valence electrons. The fourth-order valence-corrected chi connectivity index (χ4v) is 7.36. The molecule has 3 heteroatoms. The highest BCUT2D eigenvalue weighted by molar-refractivity contribution is 5.99. The van der Waals surface area contributed by atoms with Crippen molar-refractivity contribution in [2.45, 2.75) is 59.8 Å². The third kappa shape index (κ3) is 2.10. The van der Waals surface area contributed by atoms with E-state index in [-0.39, 0.29) is 22.9 Å². The Labute approximate surface area is 150 Å². The highest BCUT2D eigenvalue weighted by atomic mass is 16.3. The second-order valence-electron chi connectivity index (χ2n) is 9.53. The zero-order valence-corrected chi connectivity index (χ0v) is 15.8. The van der Waals surface area contributed by atoms with Gasteiger partial charge in [-0.15, -0.1) is 0 Å². The van der Waals surface area contributed by atoms with Gasteiger partial charge in [0.15, 0.2) is 5.78 Å². The fourth-order valence-electron chi connectivity index (χ4n) is 7.36. The quantitative estimate of drug-likeness (QED) is 0.756.